The van der Waals surface area contributed by atoms with E-state index in [9.17, 15) is 15.2 Å². The Labute approximate surface area is 114 Å². The van der Waals surface area contributed by atoms with Gasteiger partial charge in [0.15, 0.2) is 0 Å². The third kappa shape index (κ3) is 2.64. The Morgan fingerprint density at radius 1 is 1.56 bits per heavy atom. The second kappa shape index (κ2) is 5.24. The summed E-state index contributed by atoms with van der Waals surface area (Å²) in [4.78, 5) is 12.5. The van der Waals surface area contributed by atoms with Crippen molar-refractivity contribution in [2.45, 2.75) is 19.4 Å². The Morgan fingerprint density at radius 2 is 2.28 bits per heavy atom. The Hall–Kier alpha value is -1.14. The van der Waals surface area contributed by atoms with Crippen LogP contribution < -0.4 is 4.90 Å². The fraction of sp³-hybridized carbons (Fsp3) is 0.500. The van der Waals surface area contributed by atoms with Crippen LogP contribution in [0.5, 0.6) is 0 Å². The van der Waals surface area contributed by atoms with E-state index in [1.54, 1.807) is 12.1 Å². The van der Waals surface area contributed by atoms with Gasteiger partial charge in [0.1, 0.15) is 5.69 Å². The predicted molar refractivity (Wildman–Crippen MR) is 72.8 cm³/mol. The molecule has 0 aromatic heterocycles. The average Bonchev–Trinajstić information content (AvgIpc) is 2.32. The Bertz CT molecular complexity index is 467. The molecule has 2 atom stereocenters. The lowest BCUT2D eigenvalue weighted by Gasteiger charge is -2.35. The van der Waals surface area contributed by atoms with E-state index in [4.69, 9.17) is 0 Å². The van der Waals surface area contributed by atoms with Gasteiger partial charge in [0, 0.05) is 23.6 Å². The molecule has 5 nitrogen and oxygen atoms in total. The van der Waals surface area contributed by atoms with Crippen molar-refractivity contribution in [2.24, 2.45) is 5.92 Å². The van der Waals surface area contributed by atoms with E-state index in [1.165, 1.54) is 6.07 Å². The first-order chi connectivity index (χ1) is 8.49. The summed E-state index contributed by atoms with van der Waals surface area (Å²) in [5, 5.41) is 20.9. The maximum absolute atomic E-state index is 11.0. The first-order valence-electron chi connectivity index (χ1n) is 5.86. The highest BCUT2D eigenvalue weighted by Gasteiger charge is 2.28. The standard InChI is InChI=1S/C12H15BrN2O3/c1-8-4-5-14(7-12(8)16)11-6-9(13)2-3-10(11)15(17)18/h2-3,6,8,12,16H,4-5,7H2,1H3. The summed E-state index contributed by atoms with van der Waals surface area (Å²) in [6.45, 7) is 3.17. The van der Waals surface area contributed by atoms with E-state index in [2.05, 4.69) is 15.9 Å². The molecule has 2 unspecified atom stereocenters. The summed E-state index contributed by atoms with van der Waals surface area (Å²) < 4.78 is 0.802. The molecular weight excluding hydrogens is 300 g/mol. The second-order valence-electron chi connectivity index (χ2n) is 4.67. The molecule has 0 spiro atoms. The van der Waals surface area contributed by atoms with Crippen molar-refractivity contribution in [1.82, 2.24) is 0 Å². The third-order valence-electron chi connectivity index (χ3n) is 3.39. The molecular formula is C12H15BrN2O3. The molecule has 0 amide bonds. The van der Waals surface area contributed by atoms with E-state index in [1.807, 2.05) is 11.8 Å². The van der Waals surface area contributed by atoms with Gasteiger partial charge in [-0.2, -0.15) is 0 Å². The number of benzene rings is 1. The summed E-state index contributed by atoms with van der Waals surface area (Å²) in [5.74, 6) is 0.243. The van der Waals surface area contributed by atoms with Gasteiger partial charge < -0.3 is 10.0 Å². The molecule has 1 aromatic carbocycles. The van der Waals surface area contributed by atoms with Crippen molar-refractivity contribution in [1.29, 1.82) is 0 Å². The van der Waals surface area contributed by atoms with Crippen LogP contribution in [0.25, 0.3) is 0 Å². The summed E-state index contributed by atoms with van der Waals surface area (Å²) in [6, 6.07) is 4.88. The van der Waals surface area contributed by atoms with Gasteiger partial charge in [-0.15, -0.1) is 0 Å². The minimum absolute atomic E-state index is 0.0833. The molecule has 0 aliphatic carbocycles. The fourth-order valence-corrected chi connectivity index (χ4v) is 2.52. The number of anilines is 1. The quantitative estimate of drug-likeness (QED) is 0.673. The smallest absolute Gasteiger partial charge is 0.292 e. The molecule has 1 saturated heterocycles. The van der Waals surface area contributed by atoms with Gasteiger partial charge in [0.25, 0.3) is 5.69 Å². The van der Waals surface area contributed by atoms with Crippen molar-refractivity contribution in [2.75, 3.05) is 18.0 Å². The van der Waals surface area contributed by atoms with Crippen LogP contribution in [0, 0.1) is 16.0 Å². The topological polar surface area (TPSA) is 66.6 Å². The third-order valence-corrected chi connectivity index (χ3v) is 3.89. The number of nitro groups is 1. The van der Waals surface area contributed by atoms with Crippen LogP contribution in [-0.2, 0) is 0 Å². The molecule has 98 valence electrons. The molecule has 1 fully saturated rings. The number of halogens is 1. The lowest BCUT2D eigenvalue weighted by Crippen LogP contribution is -2.43. The van der Waals surface area contributed by atoms with Crippen molar-refractivity contribution in [3.05, 3.63) is 32.8 Å². The Kier molecular flexibility index (Phi) is 3.87. The molecule has 1 aromatic rings. The molecule has 0 radical (unpaired) electrons. The van der Waals surface area contributed by atoms with Crippen molar-refractivity contribution >= 4 is 27.3 Å². The SMILES string of the molecule is CC1CCN(c2cc(Br)ccc2[N+](=O)[O-])CC1O. The van der Waals surface area contributed by atoms with Crippen LogP contribution in [0.15, 0.2) is 22.7 Å². The number of β-amino-alcohol motifs (C(OH)–C–C–N with tert-alkyl or cyclic N) is 1. The molecule has 0 bridgehead atoms. The van der Waals surface area contributed by atoms with E-state index >= 15 is 0 Å². The van der Waals surface area contributed by atoms with E-state index in [0.29, 0.717) is 12.2 Å². The number of hydrogen-bond acceptors (Lipinski definition) is 4. The highest BCUT2D eigenvalue weighted by molar-refractivity contribution is 9.10. The minimum atomic E-state index is -0.433. The van der Waals surface area contributed by atoms with Gasteiger partial charge in [0.05, 0.1) is 11.0 Å². The minimum Gasteiger partial charge on any atom is -0.391 e. The Balaban J connectivity index is 2.32. The highest BCUT2D eigenvalue weighted by Crippen LogP contribution is 2.33. The summed E-state index contributed by atoms with van der Waals surface area (Å²) in [5.41, 5.74) is 0.653. The van der Waals surface area contributed by atoms with Gasteiger partial charge in [-0.1, -0.05) is 22.9 Å². The first kappa shape index (κ1) is 13.3. The average molecular weight is 315 g/mol. The molecule has 1 N–H and O–H groups in total. The van der Waals surface area contributed by atoms with E-state index in [0.717, 1.165) is 17.4 Å². The molecule has 0 saturated carbocycles. The summed E-state index contributed by atoms with van der Waals surface area (Å²) in [6.07, 6.45) is 0.405. The Morgan fingerprint density at radius 3 is 2.89 bits per heavy atom. The van der Waals surface area contributed by atoms with Crippen LogP contribution in [0.3, 0.4) is 0 Å². The van der Waals surface area contributed by atoms with Crippen LogP contribution >= 0.6 is 15.9 Å². The number of nitro benzene ring substituents is 1. The van der Waals surface area contributed by atoms with Gasteiger partial charge in [-0.3, -0.25) is 10.1 Å². The molecule has 18 heavy (non-hydrogen) atoms. The van der Waals surface area contributed by atoms with Crippen LogP contribution in [-0.4, -0.2) is 29.2 Å². The predicted octanol–water partition coefficient (Wildman–Crippen LogP) is 2.56. The van der Waals surface area contributed by atoms with E-state index in [-0.39, 0.29) is 16.5 Å². The zero-order valence-corrected chi connectivity index (χ0v) is 11.6. The largest absolute Gasteiger partial charge is 0.391 e. The van der Waals surface area contributed by atoms with Gasteiger partial charge in [0.2, 0.25) is 0 Å². The lowest BCUT2D eigenvalue weighted by molar-refractivity contribution is -0.384. The normalized spacial score (nSPS) is 24.1. The van der Waals surface area contributed by atoms with Crippen molar-refractivity contribution in [3.8, 4) is 0 Å². The monoisotopic (exact) mass is 314 g/mol. The van der Waals surface area contributed by atoms with Crippen molar-refractivity contribution in [3.63, 3.8) is 0 Å². The van der Waals surface area contributed by atoms with E-state index < -0.39 is 6.10 Å². The first-order valence-corrected chi connectivity index (χ1v) is 6.65. The zero-order chi connectivity index (χ0) is 13.3. The fourth-order valence-electron chi connectivity index (χ4n) is 2.17. The highest BCUT2D eigenvalue weighted by atomic mass is 79.9. The number of piperidine rings is 1. The van der Waals surface area contributed by atoms with Gasteiger partial charge >= 0.3 is 0 Å². The molecule has 6 heteroatoms. The van der Waals surface area contributed by atoms with Crippen LogP contribution in [0.1, 0.15) is 13.3 Å². The number of aliphatic hydroxyl groups is 1. The zero-order valence-electron chi connectivity index (χ0n) is 10.0. The van der Waals surface area contributed by atoms with Crippen LogP contribution in [0.2, 0.25) is 0 Å². The summed E-state index contributed by atoms with van der Waals surface area (Å²) in [7, 11) is 0. The van der Waals surface area contributed by atoms with Gasteiger partial charge in [-0.05, 0) is 24.5 Å². The van der Waals surface area contributed by atoms with Crippen LogP contribution in [0.4, 0.5) is 11.4 Å². The molecule has 2 rings (SSSR count). The maximum Gasteiger partial charge on any atom is 0.292 e. The lowest BCUT2D eigenvalue weighted by atomic mass is 9.95. The van der Waals surface area contributed by atoms with Gasteiger partial charge in [-0.25, -0.2) is 0 Å². The van der Waals surface area contributed by atoms with Crippen molar-refractivity contribution < 1.29 is 10.0 Å². The maximum atomic E-state index is 11.0. The molecule has 1 heterocycles. The molecule has 1 aliphatic heterocycles. The second-order valence-corrected chi connectivity index (χ2v) is 5.59. The number of aliphatic hydroxyl groups excluding tert-OH is 1. The number of rotatable bonds is 2. The molecule has 1 aliphatic rings. The number of nitrogens with zero attached hydrogens (tertiary/aromatic N) is 2. The summed E-state index contributed by atoms with van der Waals surface area (Å²) >= 11 is 3.33. The number of hydrogen-bond donors (Lipinski definition) is 1.